The van der Waals surface area contributed by atoms with Crippen LogP contribution in [0.25, 0.3) is 0 Å². The van der Waals surface area contributed by atoms with Gasteiger partial charge in [-0.1, -0.05) is 35.9 Å². The van der Waals surface area contributed by atoms with Gasteiger partial charge in [-0.2, -0.15) is 0 Å². The second kappa shape index (κ2) is 11.2. The Bertz CT molecular complexity index is 979. The fraction of sp³-hybridized carbons (Fsp3) is 0.462. The fourth-order valence-electron chi connectivity index (χ4n) is 4.53. The van der Waals surface area contributed by atoms with Gasteiger partial charge in [0.15, 0.2) is 0 Å². The molecule has 0 saturated carbocycles. The van der Waals surface area contributed by atoms with E-state index in [0.29, 0.717) is 12.3 Å². The molecule has 0 bridgehead atoms. The standard InChI is InChI=1S/C26H30ClFN2O4/c27-22-10-7-11-23(28)21(22)16-24(31)30-14-15-34-26(18-30,19-33-20-8-3-1-4-9-20)17-25(32)29-12-5-2-6-13-29/h1,3-4,7-11H,2,5-6,12-19H2. The monoisotopic (exact) mass is 488 g/mol. The Hall–Kier alpha value is -2.64. The summed E-state index contributed by atoms with van der Waals surface area (Å²) in [6, 6.07) is 13.7. The van der Waals surface area contributed by atoms with Gasteiger partial charge in [-0.15, -0.1) is 0 Å². The largest absolute Gasteiger partial charge is 0.490 e. The second-order valence-electron chi connectivity index (χ2n) is 8.94. The van der Waals surface area contributed by atoms with Gasteiger partial charge in [0.05, 0.1) is 26.0 Å². The van der Waals surface area contributed by atoms with E-state index in [-0.39, 0.29) is 55.0 Å². The molecule has 2 amide bonds. The lowest BCUT2D eigenvalue weighted by atomic mass is 9.95. The number of amides is 2. The van der Waals surface area contributed by atoms with Crippen LogP contribution in [0.15, 0.2) is 48.5 Å². The Morgan fingerprint density at radius 1 is 0.971 bits per heavy atom. The lowest BCUT2D eigenvalue weighted by Crippen LogP contribution is -2.58. The topological polar surface area (TPSA) is 59.1 Å². The third-order valence-corrected chi connectivity index (χ3v) is 6.77. The number of para-hydroxylation sites is 1. The molecule has 182 valence electrons. The first-order valence-electron chi connectivity index (χ1n) is 11.8. The molecule has 0 aliphatic carbocycles. The molecule has 8 heteroatoms. The van der Waals surface area contributed by atoms with Crippen LogP contribution >= 0.6 is 11.6 Å². The normalized spacial score (nSPS) is 20.8. The van der Waals surface area contributed by atoms with Crippen molar-refractivity contribution in [1.82, 2.24) is 9.80 Å². The highest BCUT2D eigenvalue weighted by Crippen LogP contribution is 2.27. The summed E-state index contributed by atoms with van der Waals surface area (Å²) in [5.41, 5.74) is -0.812. The van der Waals surface area contributed by atoms with E-state index in [9.17, 15) is 14.0 Å². The van der Waals surface area contributed by atoms with E-state index in [2.05, 4.69) is 0 Å². The average molecular weight is 489 g/mol. The summed E-state index contributed by atoms with van der Waals surface area (Å²) in [6.45, 7) is 2.41. The van der Waals surface area contributed by atoms with Crippen LogP contribution in [0.5, 0.6) is 5.75 Å². The average Bonchev–Trinajstić information content (AvgIpc) is 2.86. The quantitative estimate of drug-likeness (QED) is 0.588. The van der Waals surface area contributed by atoms with Crippen molar-refractivity contribution in [1.29, 1.82) is 0 Å². The Morgan fingerprint density at radius 3 is 2.47 bits per heavy atom. The first-order chi connectivity index (χ1) is 16.5. The van der Waals surface area contributed by atoms with Crippen molar-refractivity contribution < 1.29 is 23.5 Å². The Balaban J connectivity index is 1.50. The maximum Gasteiger partial charge on any atom is 0.227 e. The van der Waals surface area contributed by atoms with Crippen molar-refractivity contribution >= 4 is 23.4 Å². The zero-order valence-corrected chi connectivity index (χ0v) is 19.9. The van der Waals surface area contributed by atoms with E-state index in [1.165, 1.54) is 12.1 Å². The van der Waals surface area contributed by atoms with Crippen molar-refractivity contribution in [2.45, 2.75) is 37.7 Å². The minimum Gasteiger partial charge on any atom is -0.490 e. The smallest absolute Gasteiger partial charge is 0.227 e. The molecular weight excluding hydrogens is 459 g/mol. The van der Waals surface area contributed by atoms with Gasteiger partial charge in [-0.05, 0) is 43.5 Å². The molecule has 2 heterocycles. The predicted octanol–water partition coefficient (Wildman–Crippen LogP) is 4.10. The van der Waals surface area contributed by atoms with E-state index >= 15 is 0 Å². The highest BCUT2D eigenvalue weighted by Gasteiger charge is 2.42. The van der Waals surface area contributed by atoms with Gasteiger partial charge < -0.3 is 19.3 Å². The summed E-state index contributed by atoms with van der Waals surface area (Å²) < 4.78 is 26.4. The zero-order chi connectivity index (χ0) is 24.0. The summed E-state index contributed by atoms with van der Waals surface area (Å²) in [7, 11) is 0. The molecule has 34 heavy (non-hydrogen) atoms. The van der Waals surface area contributed by atoms with Gasteiger partial charge in [-0.3, -0.25) is 9.59 Å². The van der Waals surface area contributed by atoms with Crippen LogP contribution < -0.4 is 4.74 Å². The number of carbonyl (C=O) groups excluding carboxylic acids is 2. The van der Waals surface area contributed by atoms with Crippen molar-refractivity contribution in [3.63, 3.8) is 0 Å². The zero-order valence-electron chi connectivity index (χ0n) is 19.2. The number of ether oxygens (including phenoxy) is 2. The SMILES string of the molecule is O=C(CC1(COc2ccccc2)CN(C(=O)Cc2c(F)cccc2Cl)CCO1)N1CCCCC1. The van der Waals surface area contributed by atoms with Crippen LogP contribution in [0, 0.1) is 5.82 Å². The van der Waals surface area contributed by atoms with Crippen LogP contribution in [-0.4, -0.2) is 66.6 Å². The van der Waals surface area contributed by atoms with Gasteiger partial charge >= 0.3 is 0 Å². The molecule has 1 atom stereocenters. The summed E-state index contributed by atoms with van der Waals surface area (Å²) in [6.07, 6.45) is 3.08. The lowest BCUT2D eigenvalue weighted by molar-refractivity contribution is -0.166. The molecule has 2 saturated heterocycles. The highest BCUT2D eigenvalue weighted by atomic mass is 35.5. The minimum atomic E-state index is -0.989. The van der Waals surface area contributed by atoms with Gasteiger partial charge in [0.25, 0.3) is 0 Å². The Labute approximate surface area is 204 Å². The van der Waals surface area contributed by atoms with Gasteiger partial charge in [0.2, 0.25) is 11.8 Å². The number of halogens is 2. The van der Waals surface area contributed by atoms with Crippen LogP contribution in [0.1, 0.15) is 31.2 Å². The minimum absolute atomic E-state index is 0.00260. The van der Waals surface area contributed by atoms with Gasteiger partial charge in [-0.25, -0.2) is 4.39 Å². The molecule has 0 spiro atoms. The molecule has 2 aliphatic rings. The Morgan fingerprint density at radius 2 is 1.74 bits per heavy atom. The molecule has 2 aliphatic heterocycles. The van der Waals surface area contributed by atoms with E-state index in [1.54, 1.807) is 11.0 Å². The number of morpholine rings is 1. The third-order valence-electron chi connectivity index (χ3n) is 6.42. The molecule has 2 aromatic carbocycles. The summed E-state index contributed by atoms with van der Waals surface area (Å²) >= 11 is 6.14. The number of piperidine rings is 1. The first kappa shape index (κ1) is 24.5. The van der Waals surface area contributed by atoms with Crippen molar-refractivity contribution in [3.8, 4) is 5.75 Å². The number of carbonyl (C=O) groups is 2. The van der Waals surface area contributed by atoms with Crippen LogP contribution in [-0.2, 0) is 20.7 Å². The highest BCUT2D eigenvalue weighted by molar-refractivity contribution is 6.31. The van der Waals surface area contributed by atoms with E-state index < -0.39 is 11.4 Å². The van der Waals surface area contributed by atoms with Crippen LogP contribution in [0.3, 0.4) is 0 Å². The number of hydrogen-bond acceptors (Lipinski definition) is 4. The van der Waals surface area contributed by atoms with Crippen molar-refractivity contribution in [2.75, 3.05) is 39.4 Å². The molecule has 0 N–H and O–H groups in total. The molecule has 0 aromatic heterocycles. The van der Waals surface area contributed by atoms with Crippen molar-refractivity contribution in [2.24, 2.45) is 0 Å². The lowest BCUT2D eigenvalue weighted by Gasteiger charge is -2.43. The molecule has 0 radical (unpaired) electrons. The number of hydrogen-bond donors (Lipinski definition) is 0. The maximum atomic E-state index is 14.3. The molecule has 6 nitrogen and oxygen atoms in total. The molecule has 4 rings (SSSR count). The van der Waals surface area contributed by atoms with Crippen molar-refractivity contribution in [3.05, 3.63) is 64.9 Å². The maximum absolute atomic E-state index is 14.3. The Kier molecular flexibility index (Phi) is 8.06. The van der Waals surface area contributed by atoms with E-state index in [0.717, 1.165) is 32.4 Å². The number of likely N-dealkylation sites (tertiary alicyclic amines) is 1. The fourth-order valence-corrected chi connectivity index (χ4v) is 4.76. The number of nitrogens with zero attached hydrogens (tertiary/aromatic N) is 2. The molecule has 2 aromatic rings. The predicted molar refractivity (Wildman–Crippen MR) is 127 cm³/mol. The number of rotatable bonds is 7. The summed E-state index contributed by atoms with van der Waals surface area (Å²) in [4.78, 5) is 29.8. The molecule has 1 unspecified atom stereocenters. The van der Waals surface area contributed by atoms with Gasteiger partial charge in [0, 0.05) is 30.2 Å². The van der Waals surface area contributed by atoms with E-state index in [1.807, 2.05) is 35.2 Å². The molecular formula is C26H30ClFN2O4. The van der Waals surface area contributed by atoms with Crippen LogP contribution in [0.4, 0.5) is 4.39 Å². The number of benzene rings is 2. The van der Waals surface area contributed by atoms with E-state index in [4.69, 9.17) is 21.1 Å². The first-order valence-corrected chi connectivity index (χ1v) is 12.1. The summed E-state index contributed by atoms with van der Waals surface area (Å²) in [5, 5.41) is 0.223. The van der Waals surface area contributed by atoms with Crippen LogP contribution in [0.2, 0.25) is 5.02 Å². The third kappa shape index (κ3) is 6.07. The van der Waals surface area contributed by atoms with Gasteiger partial charge in [0.1, 0.15) is 23.8 Å². The molecule has 2 fully saturated rings. The second-order valence-corrected chi connectivity index (χ2v) is 9.35. The summed E-state index contributed by atoms with van der Waals surface area (Å²) in [5.74, 6) is -0.0989.